The van der Waals surface area contributed by atoms with Crippen molar-refractivity contribution < 1.29 is 4.79 Å². The van der Waals surface area contributed by atoms with Crippen LogP contribution in [0.5, 0.6) is 0 Å². The summed E-state index contributed by atoms with van der Waals surface area (Å²) in [6, 6.07) is 0. The van der Waals surface area contributed by atoms with Gasteiger partial charge >= 0.3 is 0 Å². The van der Waals surface area contributed by atoms with Gasteiger partial charge in [-0.25, -0.2) is 0 Å². The number of carbonyl (C=O) groups excluding carboxylic acids is 1. The highest BCUT2D eigenvalue weighted by Crippen LogP contribution is 2.08. The van der Waals surface area contributed by atoms with E-state index in [9.17, 15) is 4.79 Å². The Morgan fingerprint density at radius 3 is 2.59 bits per heavy atom. The van der Waals surface area contributed by atoms with Crippen LogP contribution in [0.15, 0.2) is 0 Å². The molecule has 0 bridgehead atoms. The number of rotatable bonds is 5. The van der Waals surface area contributed by atoms with Crippen LogP contribution >= 0.6 is 0 Å². The van der Waals surface area contributed by atoms with E-state index >= 15 is 0 Å². The van der Waals surface area contributed by atoms with Crippen LogP contribution in [-0.2, 0) is 4.79 Å². The Bertz CT molecular complexity index is 277. The molecule has 1 amide bonds. The van der Waals surface area contributed by atoms with Crippen LogP contribution in [0.4, 0.5) is 0 Å². The first-order valence-electron chi connectivity index (χ1n) is 6.31. The summed E-state index contributed by atoms with van der Waals surface area (Å²) < 4.78 is 0. The monoisotopic (exact) mass is 237 g/mol. The molecule has 1 unspecified atom stereocenters. The fourth-order valence-electron chi connectivity index (χ4n) is 1.93. The Morgan fingerprint density at radius 1 is 1.41 bits per heavy atom. The Balaban J connectivity index is 2.24. The number of nitrogens with two attached hydrogens (primary N) is 1. The number of carbonyl (C=O) groups is 1. The molecule has 0 aromatic carbocycles. The molecule has 0 spiro atoms. The number of hydrogen-bond donors (Lipinski definition) is 1. The molecule has 1 aliphatic rings. The van der Waals surface area contributed by atoms with Crippen molar-refractivity contribution in [2.75, 3.05) is 39.3 Å². The molecule has 1 heterocycles. The summed E-state index contributed by atoms with van der Waals surface area (Å²) in [5.74, 6) is 3.33. The summed E-state index contributed by atoms with van der Waals surface area (Å²) in [6.07, 6.45) is 6.77. The third-order valence-corrected chi connectivity index (χ3v) is 3.29. The first-order valence-corrected chi connectivity index (χ1v) is 6.31. The normalized spacial score (nSPS) is 18.8. The van der Waals surface area contributed by atoms with Gasteiger partial charge in [0, 0.05) is 32.6 Å². The molecular formula is C13H23N3O. The van der Waals surface area contributed by atoms with Crippen molar-refractivity contribution >= 4 is 5.91 Å². The van der Waals surface area contributed by atoms with E-state index < -0.39 is 0 Å². The van der Waals surface area contributed by atoms with Crippen LogP contribution in [0.3, 0.4) is 0 Å². The zero-order chi connectivity index (χ0) is 12.7. The summed E-state index contributed by atoms with van der Waals surface area (Å²) >= 11 is 0. The molecule has 17 heavy (non-hydrogen) atoms. The molecule has 1 saturated heterocycles. The van der Waals surface area contributed by atoms with E-state index in [-0.39, 0.29) is 5.91 Å². The zero-order valence-electron chi connectivity index (χ0n) is 10.7. The van der Waals surface area contributed by atoms with E-state index in [0.29, 0.717) is 25.4 Å². The van der Waals surface area contributed by atoms with Gasteiger partial charge in [0.15, 0.2) is 0 Å². The largest absolute Gasteiger partial charge is 0.340 e. The fourth-order valence-corrected chi connectivity index (χ4v) is 1.93. The second-order valence-electron chi connectivity index (χ2n) is 4.74. The third kappa shape index (κ3) is 4.76. The van der Waals surface area contributed by atoms with Gasteiger partial charge in [0.25, 0.3) is 0 Å². The quantitative estimate of drug-likeness (QED) is 0.692. The Hall–Kier alpha value is -1.05. The average molecular weight is 237 g/mol. The minimum Gasteiger partial charge on any atom is -0.340 e. The molecule has 1 fully saturated rings. The molecule has 0 aliphatic carbocycles. The lowest BCUT2D eigenvalue weighted by atomic mass is 10.1. The summed E-state index contributed by atoms with van der Waals surface area (Å²) in [5.41, 5.74) is 5.54. The smallest absolute Gasteiger partial charge is 0.222 e. The van der Waals surface area contributed by atoms with Crippen LogP contribution in [0.1, 0.15) is 19.8 Å². The minimum absolute atomic E-state index is 0.255. The number of piperazine rings is 1. The fraction of sp³-hybridized carbons (Fsp3) is 0.769. The van der Waals surface area contributed by atoms with Gasteiger partial charge in [-0.3, -0.25) is 9.69 Å². The van der Waals surface area contributed by atoms with Crippen LogP contribution in [0.25, 0.3) is 0 Å². The maximum Gasteiger partial charge on any atom is 0.222 e. The molecule has 0 radical (unpaired) electrons. The Morgan fingerprint density at radius 2 is 2.06 bits per heavy atom. The van der Waals surface area contributed by atoms with Gasteiger partial charge in [0.2, 0.25) is 5.91 Å². The van der Waals surface area contributed by atoms with Gasteiger partial charge in [-0.2, -0.15) is 0 Å². The van der Waals surface area contributed by atoms with Crippen molar-refractivity contribution in [2.24, 2.45) is 11.7 Å². The lowest BCUT2D eigenvalue weighted by Gasteiger charge is -2.33. The van der Waals surface area contributed by atoms with Gasteiger partial charge < -0.3 is 10.6 Å². The summed E-state index contributed by atoms with van der Waals surface area (Å²) in [4.78, 5) is 16.1. The molecule has 4 nitrogen and oxygen atoms in total. The highest BCUT2D eigenvalue weighted by Gasteiger charge is 2.20. The van der Waals surface area contributed by atoms with E-state index in [1.807, 2.05) is 4.90 Å². The van der Waals surface area contributed by atoms with Gasteiger partial charge in [-0.1, -0.05) is 12.8 Å². The SMILES string of the molecule is C#CCN1CCN(C(=O)CCC(C)CN)CC1. The van der Waals surface area contributed by atoms with E-state index in [2.05, 4.69) is 17.7 Å². The van der Waals surface area contributed by atoms with Crippen molar-refractivity contribution in [1.82, 2.24) is 9.80 Å². The average Bonchev–Trinajstić information content (AvgIpc) is 2.36. The standard InChI is InChI=1S/C13H23N3O/c1-3-6-15-7-9-16(10-8-15)13(17)5-4-12(2)11-14/h1,12H,4-11,14H2,2H3. The van der Waals surface area contributed by atoms with Crippen LogP contribution in [0, 0.1) is 18.3 Å². The Labute approximate surface area is 104 Å². The molecule has 4 heteroatoms. The van der Waals surface area contributed by atoms with Crippen molar-refractivity contribution in [3.63, 3.8) is 0 Å². The van der Waals surface area contributed by atoms with Crippen molar-refractivity contribution in [1.29, 1.82) is 0 Å². The van der Waals surface area contributed by atoms with E-state index in [1.165, 1.54) is 0 Å². The van der Waals surface area contributed by atoms with Crippen LogP contribution < -0.4 is 5.73 Å². The molecule has 1 rings (SSSR count). The predicted octanol–water partition coefficient (Wildman–Crippen LogP) is 0.139. The topological polar surface area (TPSA) is 49.6 Å². The molecule has 0 saturated carbocycles. The lowest BCUT2D eigenvalue weighted by Crippen LogP contribution is -2.48. The van der Waals surface area contributed by atoms with E-state index in [1.54, 1.807) is 0 Å². The molecule has 1 aliphatic heterocycles. The lowest BCUT2D eigenvalue weighted by molar-refractivity contribution is -0.133. The number of amides is 1. The minimum atomic E-state index is 0.255. The van der Waals surface area contributed by atoms with E-state index in [4.69, 9.17) is 12.2 Å². The number of terminal acetylenes is 1. The van der Waals surface area contributed by atoms with Crippen molar-refractivity contribution in [3.8, 4) is 12.3 Å². The van der Waals surface area contributed by atoms with Gasteiger partial charge in [-0.05, 0) is 18.9 Å². The van der Waals surface area contributed by atoms with Crippen LogP contribution in [-0.4, -0.2) is 55.0 Å². The number of nitrogens with zero attached hydrogens (tertiary/aromatic N) is 2. The highest BCUT2D eigenvalue weighted by molar-refractivity contribution is 5.76. The van der Waals surface area contributed by atoms with Gasteiger partial charge in [0.05, 0.1) is 6.54 Å². The second kappa shape index (κ2) is 7.31. The van der Waals surface area contributed by atoms with Crippen molar-refractivity contribution in [2.45, 2.75) is 19.8 Å². The molecular weight excluding hydrogens is 214 g/mol. The number of hydrogen-bond acceptors (Lipinski definition) is 3. The van der Waals surface area contributed by atoms with E-state index in [0.717, 1.165) is 32.6 Å². The molecule has 1 atom stereocenters. The predicted molar refractivity (Wildman–Crippen MR) is 69.3 cm³/mol. The van der Waals surface area contributed by atoms with Gasteiger partial charge in [-0.15, -0.1) is 6.42 Å². The first-order chi connectivity index (χ1) is 8.17. The first kappa shape index (κ1) is 14.0. The second-order valence-corrected chi connectivity index (χ2v) is 4.74. The Kier molecular flexibility index (Phi) is 6.03. The summed E-state index contributed by atoms with van der Waals surface area (Å²) in [5, 5.41) is 0. The maximum absolute atomic E-state index is 11.9. The molecule has 0 aromatic heterocycles. The van der Waals surface area contributed by atoms with Crippen LogP contribution in [0.2, 0.25) is 0 Å². The highest BCUT2D eigenvalue weighted by atomic mass is 16.2. The third-order valence-electron chi connectivity index (χ3n) is 3.29. The molecule has 0 aromatic rings. The molecule has 2 N–H and O–H groups in total. The molecule has 96 valence electrons. The van der Waals surface area contributed by atoms with Crippen molar-refractivity contribution in [3.05, 3.63) is 0 Å². The zero-order valence-corrected chi connectivity index (χ0v) is 10.7. The van der Waals surface area contributed by atoms with Gasteiger partial charge in [0.1, 0.15) is 0 Å². The summed E-state index contributed by atoms with van der Waals surface area (Å²) in [7, 11) is 0. The summed E-state index contributed by atoms with van der Waals surface area (Å²) in [6.45, 7) is 6.81. The maximum atomic E-state index is 11.9.